The van der Waals surface area contributed by atoms with Crippen molar-refractivity contribution in [1.29, 1.82) is 0 Å². The van der Waals surface area contributed by atoms with E-state index < -0.39 is 11.9 Å². The Hall–Kier alpha value is -1.59. The van der Waals surface area contributed by atoms with Crippen LogP contribution in [0.5, 0.6) is 0 Å². The van der Waals surface area contributed by atoms with E-state index in [0.29, 0.717) is 18.3 Å². The van der Waals surface area contributed by atoms with Gasteiger partial charge in [0.05, 0.1) is 0 Å². The van der Waals surface area contributed by atoms with Crippen molar-refractivity contribution in [3.63, 3.8) is 0 Å². The van der Waals surface area contributed by atoms with Gasteiger partial charge in [0.25, 0.3) is 5.91 Å². The van der Waals surface area contributed by atoms with E-state index in [4.69, 9.17) is 4.74 Å². The Balaban J connectivity index is 1.30. The smallest absolute Gasteiger partial charge is 0.321 e. The third kappa shape index (κ3) is 4.71. The van der Waals surface area contributed by atoms with Crippen LogP contribution in [-0.4, -0.2) is 30.6 Å². The van der Waals surface area contributed by atoms with E-state index in [1.165, 1.54) is 25.7 Å². The third-order valence-corrected chi connectivity index (χ3v) is 5.87. The second-order valence-electron chi connectivity index (χ2n) is 7.66. The lowest BCUT2D eigenvalue weighted by Crippen LogP contribution is -2.46. The molecule has 3 aliphatic rings. The van der Waals surface area contributed by atoms with Crippen molar-refractivity contribution in [2.45, 2.75) is 70.3 Å². The fourth-order valence-electron chi connectivity index (χ4n) is 4.68. The van der Waals surface area contributed by atoms with Crippen LogP contribution >= 0.6 is 0 Å². The quantitative estimate of drug-likeness (QED) is 0.756. The van der Waals surface area contributed by atoms with Crippen molar-refractivity contribution in [2.75, 3.05) is 6.61 Å². The Morgan fingerprint density at radius 2 is 1.75 bits per heavy atom. The minimum atomic E-state index is -0.565. The Kier molecular flexibility index (Phi) is 5.74. The van der Waals surface area contributed by atoms with Crippen molar-refractivity contribution in [2.24, 2.45) is 17.8 Å². The molecule has 24 heavy (non-hydrogen) atoms. The van der Waals surface area contributed by atoms with Crippen LogP contribution in [0.1, 0.15) is 64.2 Å². The molecule has 0 aromatic heterocycles. The van der Waals surface area contributed by atoms with Gasteiger partial charge in [0.15, 0.2) is 6.61 Å². The minimum absolute atomic E-state index is 0.145. The van der Waals surface area contributed by atoms with E-state index in [2.05, 4.69) is 10.6 Å². The first-order valence-electron chi connectivity index (χ1n) is 9.36. The number of urea groups is 1. The Morgan fingerprint density at radius 3 is 2.42 bits per heavy atom. The summed E-state index contributed by atoms with van der Waals surface area (Å²) in [5.41, 5.74) is 0. The zero-order valence-electron chi connectivity index (χ0n) is 14.2. The Morgan fingerprint density at radius 1 is 0.958 bits per heavy atom. The minimum Gasteiger partial charge on any atom is -0.456 e. The summed E-state index contributed by atoms with van der Waals surface area (Å²) in [6.45, 7) is -0.377. The van der Waals surface area contributed by atoms with E-state index in [-0.39, 0.29) is 18.6 Å². The summed E-state index contributed by atoms with van der Waals surface area (Å²) in [6.07, 6.45) is 10.6. The molecule has 6 heteroatoms. The van der Waals surface area contributed by atoms with Gasteiger partial charge in [0, 0.05) is 12.5 Å². The van der Waals surface area contributed by atoms with Gasteiger partial charge in [-0.1, -0.05) is 25.7 Å². The van der Waals surface area contributed by atoms with E-state index >= 15 is 0 Å². The molecule has 3 saturated carbocycles. The van der Waals surface area contributed by atoms with Crippen molar-refractivity contribution in [3.05, 3.63) is 0 Å². The molecule has 3 atom stereocenters. The van der Waals surface area contributed by atoms with Crippen LogP contribution in [0, 0.1) is 17.8 Å². The van der Waals surface area contributed by atoms with Gasteiger partial charge in [-0.25, -0.2) is 4.79 Å². The van der Waals surface area contributed by atoms with Gasteiger partial charge in [-0.05, 0) is 49.9 Å². The molecule has 0 aromatic rings. The predicted octanol–water partition coefficient (Wildman–Crippen LogP) is 2.51. The van der Waals surface area contributed by atoms with Gasteiger partial charge < -0.3 is 10.1 Å². The highest BCUT2D eigenvalue weighted by atomic mass is 16.5. The molecule has 0 aliphatic heterocycles. The monoisotopic (exact) mass is 336 g/mol. The second kappa shape index (κ2) is 7.99. The number of rotatable bonds is 5. The summed E-state index contributed by atoms with van der Waals surface area (Å²) in [4.78, 5) is 35.3. The molecule has 3 aliphatic carbocycles. The summed E-state index contributed by atoms with van der Waals surface area (Å²) in [6, 6.07) is -0.344. The lowest BCUT2D eigenvalue weighted by molar-refractivity contribution is -0.149. The number of ether oxygens (including phenoxy) is 1. The fraction of sp³-hybridized carbons (Fsp3) is 0.833. The molecule has 0 heterocycles. The van der Waals surface area contributed by atoms with E-state index in [1.807, 2.05) is 0 Å². The van der Waals surface area contributed by atoms with Crippen LogP contribution in [0.25, 0.3) is 0 Å². The molecule has 0 spiro atoms. The molecule has 3 fully saturated rings. The van der Waals surface area contributed by atoms with Gasteiger partial charge in [-0.15, -0.1) is 0 Å². The predicted molar refractivity (Wildman–Crippen MR) is 88.1 cm³/mol. The number of amides is 3. The first kappa shape index (κ1) is 17.2. The number of nitrogens with one attached hydrogen (secondary N) is 2. The lowest BCUT2D eigenvalue weighted by atomic mass is 9.86. The number of hydrogen-bond donors (Lipinski definition) is 2. The van der Waals surface area contributed by atoms with Gasteiger partial charge >= 0.3 is 12.0 Å². The highest BCUT2D eigenvalue weighted by Gasteiger charge is 2.40. The summed E-state index contributed by atoms with van der Waals surface area (Å²) >= 11 is 0. The molecule has 0 radical (unpaired) electrons. The van der Waals surface area contributed by atoms with E-state index in [9.17, 15) is 14.4 Å². The van der Waals surface area contributed by atoms with Gasteiger partial charge in [-0.3, -0.25) is 14.9 Å². The maximum atomic E-state index is 11.9. The molecule has 3 rings (SSSR count). The topological polar surface area (TPSA) is 84.5 Å². The second-order valence-corrected chi connectivity index (χ2v) is 7.66. The first-order valence-corrected chi connectivity index (χ1v) is 9.36. The standard InChI is InChI=1S/C18H28N2O4/c21-16(20-18(23)19-15-4-2-1-3-5-15)11-24-17(22)10-14-9-12-6-7-13(14)8-12/h12-15H,1-11H2,(H2,19,20,21,23)/t12-,13+,14+/m1/s1. The SMILES string of the molecule is O=C(COC(=O)C[C@@H]1C[C@@H]2CC[C@H]1C2)NC(=O)NC1CCCCC1. The number of carbonyl (C=O) groups is 3. The van der Waals surface area contributed by atoms with Crippen LogP contribution in [0.15, 0.2) is 0 Å². The Labute approximate surface area is 143 Å². The third-order valence-electron chi connectivity index (χ3n) is 5.87. The molecule has 0 aromatic carbocycles. The van der Waals surface area contributed by atoms with Crippen LogP contribution in [0.2, 0.25) is 0 Å². The number of hydrogen-bond acceptors (Lipinski definition) is 4. The van der Waals surface area contributed by atoms with Gasteiger partial charge in [-0.2, -0.15) is 0 Å². The maximum Gasteiger partial charge on any atom is 0.321 e. The van der Waals surface area contributed by atoms with Crippen LogP contribution < -0.4 is 10.6 Å². The average molecular weight is 336 g/mol. The summed E-state index contributed by atoms with van der Waals surface area (Å²) < 4.78 is 5.03. The van der Waals surface area contributed by atoms with Crippen LogP contribution in [0.3, 0.4) is 0 Å². The zero-order chi connectivity index (χ0) is 16.9. The molecular weight excluding hydrogens is 308 g/mol. The molecule has 134 valence electrons. The summed E-state index contributed by atoms with van der Waals surface area (Å²) in [7, 11) is 0. The van der Waals surface area contributed by atoms with Gasteiger partial charge in [0.2, 0.25) is 0 Å². The molecule has 2 N–H and O–H groups in total. The normalized spacial score (nSPS) is 29.2. The molecule has 6 nitrogen and oxygen atoms in total. The number of fused-ring (bicyclic) bond motifs is 2. The summed E-state index contributed by atoms with van der Waals surface area (Å²) in [5, 5.41) is 5.04. The number of imide groups is 1. The largest absolute Gasteiger partial charge is 0.456 e. The highest BCUT2D eigenvalue weighted by molar-refractivity contribution is 5.95. The zero-order valence-corrected chi connectivity index (χ0v) is 14.2. The first-order chi connectivity index (χ1) is 11.6. The molecule has 0 saturated heterocycles. The van der Waals surface area contributed by atoms with E-state index in [1.54, 1.807) is 0 Å². The van der Waals surface area contributed by atoms with Crippen molar-refractivity contribution < 1.29 is 19.1 Å². The molecule has 0 unspecified atom stereocenters. The van der Waals surface area contributed by atoms with Gasteiger partial charge in [0.1, 0.15) is 0 Å². The number of esters is 1. The Bertz CT molecular complexity index is 487. The molecule has 3 amide bonds. The highest BCUT2D eigenvalue weighted by Crippen LogP contribution is 2.49. The van der Waals surface area contributed by atoms with Crippen molar-refractivity contribution >= 4 is 17.9 Å². The average Bonchev–Trinajstić information content (AvgIpc) is 3.16. The fourth-order valence-corrected chi connectivity index (χ4v) is 4.68. The lowest BCUT2D eigenvalue weighted by Gasteiger charge is -2.22. The van der Waals surface area contributed by atoms with E-state index in [0.717, 1.165) is 38.0 Å². The van der Waals surface area contributed by atoms with Crippen LogP contribution in [-0.2, 0) is 14.3 Å². The number of carbonyl (C=O) groups excluding carboxylic acids is 3. The van der Waals surface area contributed by atoms with Crippen LogP contribution in [0.4, 0.5) is 4.79 Å². The van der Waals surface area contributed by atoms with Crippen molar-refractivity contribution in [1.82, 2.24) is 10.6 Å². The molecular formula is C18H28N2O4. The summed E-state index contributed by atoms with van der Waals surface area (Å²) in [5.74, 6) is 0.992. The maximum absolute atomic E-state index is 11.9. The molecule has 2 bridgehead atoms. The van der Waals surface area contributed by atoms with Crippen molar-refractivity contribution in [3.8, 4) is 0 Å².